The van der Waals surface area contributed by atoms with Crippen LogP contribution in [-0.2, 0) is 83.2 Å². The van der Waals surface area contributed by atoms with Gasteiger partial charge in [0.15, 0.2) is 0 Å². The third kappa shape index (κ3) is 34.2. The van der Waals surface area contributed by atoms with E-state index in [2.05, 4.69) is 58.5 Å². The van der Waals surface area contributed by atoms with Gasteiger partial charge in [-0.05, 0) is 142 Å². The zero-order valence-corrected chi connectivity index (χ0v) is 63.5. The summed E-state index contributed by atoms with van der Waals surface area (Å²) in [5, 5.41) is 40.5. The van der Waals surface area contributed by atoms with Gasteiger partial charge in [0.1, 0.15) is 54.4 Å². The summed E-state index contributed by atoms with van der Waals surface area (Å²) in [4.78, 5) is 166. The number of rotatable bonds is 50. The van der Waals surface area contributed by atoms with E-state index in [1.165, 1.54) is 0 Å². The lowest BCUT2D eigenvalue weighted by molar-refractivity contribution is -0.142. The van der Waals surface area contributed by atoms with E-state index in [4.69, 9.17) is 22.9 Å². The summed E-state index contributed by atoms with van der Waals surface area (Å²) in [5.74, 6) is -9.52. The molecule has 0 bridgehead atoms. The molecule has 4 rings (SSSR count). The quantitative estimate of drug-likeness (QED) is 0.0282. The molecule has 107 heavy (non-hydrogen) atoms. The highest BCUT2D eigenvalue weighted by Gasteiger charge is 2.37. The Hall–Kier alpha value is -9.64. The third-order valence-corrected chi connectivity index (χ3v) is 17.9. The Morgan fingerprint density at radius 2 is 0.636 bits per heavy atom. The molecule has 11 amide bonds. The van der Waals surface area contributed by atoms with Crippen molar-refractivity contribution in [1.82, 2.24) is 58.5 Å². The first-order chi connectivity index (χ1) is 51.0. The molecule has 4 aromatic carbocycles. The molecule has 0 fully saturated rings. The van der Waals surface area contributed by atoms with Crippen molar-refractivity contribution in [2.75, 3.05) is 26.2 Å². The Morgan fingerprint density at radius 1 is 0.327 bits per heavy atom. The van der Waals surface area contributed by atoms with Gasteiger partial charge in [-0.2, -0.15) is 0 Å². The van der Waals surface area contributed by atoms with Crippen LogP contribution in [0.3, 0.4) is 0 Å². The minimum atomic E-state index is -1.34. The summed E-state index contributed by atoms with van der Waals surface area (Å²) in [6.07, 6.45) is 3.30. The number of aliphatic carboxylic acids is 1. The lowest BCUT2D eigenvalue weighted by atomic mass is 9.98. The maximum atomic E-state index is 14.2. The van der Waals surface area contributed by atoms with Crippen LogP contribution in [0, 0.1) is 23.7 Å². The first-order valence-electron chi connectivity index (χ1n) is 37.6. The molecule has 28 nitrogen and oxygen atoms in total. The number of carboxylic acids is 1. The van der Waals surface area contributed by atoms with E-state index < -0.39 is 149 Å². The molecule has 20 N–H and O–H groups in total. The second-order valence-electron chi connectivity index (χ2n) is 28.9. The van der Waals surface area contributed by atoms with Gasteiger partial charge in [0.2, 0.25) is 65.0 Å². The van der Waals surface area contributed by atoms with Crippen LogP contribution in [0.1, 0.15) is 155 Å². The zero-order chi connectivity index (χ0) is 79.0. The number of hydrogen-bond donors (Lipinski definition) is 16. The number of amides is 11. The molecule has 0 aliphatic heterocycles. The van der Waals surface area contributed by atoms with Crippen LogP contribution in [0.2, 0.25) is 0 Å². The minimum absolute atomic E-state index is 0.0367. The number of nitrogens with two attached hydrogens (primary N) is 4. The minimum Gasteiger partial charge on any atom is -0.480 e. The van der Waals surface area contributed by atoms with E-state index in [9.17, 15) is 62.6 Å². The van der Waals surface area contributed by atoms with Crippen LogP contribution >= 0.6 is 0 Å². The Labute approximate surface area is 630 Å². The molecule has 0 saturated heterocycles. The normalized spacial score (nSPS) is 14.4. The molecule has 28 heteroatoms. The molecule has 0 aliphatic rings. The molecule has 0 radical (unpaired) electrons. The van der Waals surface area contributed by atoms with Gasteiger partial charge in [0.25, 0.3) is 0 Å². The smallest absolute Gasteiger partial charge is 0.326 e. The summed E-state index contributed by atoms with van der Waals surface area (Å²) < 4.78 is 0. The van der Waals surface area contributed by atoms with Crippen LogP contribution in [0.4, 0.5) is 0 Å². The molecule has 11 atom stereocenters. The Kier molecular flexibility index (Phi) is 40.7. The second-order valence-corrected chi connectivity index (χ2v) is 28.9. The average molecular weight is 1490 g/mol. The van der Waals surface area contributed by atoms with Crippen molar-refractivity contribution < 1.29 is 62.6 Å². The third-order valence-electron chi connectivity index (χ3n) is 17.9. The summed E-state index contributed by atoms with van der Waals surface area (Å²) >= 11 is 0. The van der Waals surface area contributed by atoms with Gasteiger partial charge >= 0.3 is 5.97 Å². The van der Waals surface area contributed by atoms with Gasteiger partial charge in [-0.15, -0.1) is 0 Å². The number of carbonyl (C=O) groups excluding carboxylic acids is 11. The fourth-order valence-corrected chi connectivity index (χ4v) is 11.9. The first-order valence-corrected chi connectivity index (χ1v) is 37.6. The van der Waals surface area contributed by atoms with Gasteiger partial charge in [-0.1, -0.05) is 177 Å². The molecule has 0 aromatic heterocycles. The highest BCUT2D eigenvalue weighted by molar-refractivity contribution is 5.98. The number of nitrogens with one attached hydrogen (secondary N) is 11. The van der Waals surface area contributed by atoms with Crippen LogP contribution < -0.4 is 81.4 Å². The van der Waals surface area contributed by atoms with Gasteiger partial charge in [0, 0.05) is 32.4 Å². The molecule has 0 saturated carbocycles. The van der Waals surface area contributed by atoms with Crippen molar-refractivity contribution in [3.05, 3.63) is 144 Å². The molecular weight excluding hydrogens is 1370 g/mol. The van der Waals surface area contributed by atoms with E-state index in [0.717, 1.165) is 22.3 Å². The molecule has 0 aliphatic carbocycles. The van der Waals surface area contributed by atoms with Gasteiger partial charge < -0.3 is 86.5 Å². The van der Waals surface area contributed by atoms with E-state index in [0.29, 0.717) is 38.8 Å². The number of carbonyl (C=O) groups is 12. The molecule has 4 aromatic rings. The summed E-state index contributed by atoms with van der Waals surface area (Å²) in [7, 11) is 0. The maximum absolute atomic E-state index is 14.2. The first kappa shape index (κ1) is 89.8. The number of hydrogen-bond acceptors (Lipinski definition) is 16. The summed E-state index contributed by atoms with van der Waals surface area (Å²) in [6, 6.07) is 24.0. The van der Waals surface area contributed by atoms with Gasteiger partial charge in [-0.25, -0.2) is 4.79 Å². The molecule has 0 heterocycles. The van der Waals surface area contributed by atoms with E-state index in [1.807, 2.05) is 113 Å². The SMILES string of the molecule is CC(C)C[C@@H](NC(=O)[C@H](NC(=O)[C@@H](Cc1ccccc1)NC(=O)[C@H](N)Cc1ccccc1)C(C)C)C(=O)N[C@H](CCCCN)C(=O)NCCCC[C@@H](NC(=O)CCNC(=O)[C@@H](CCCCN)NC(=O)[C@@H](CC(C)C)NC(=O)[C@H](NC(=O)[C@@H](Cc1ccccc1)NC(=O)[C@H](N)Cc1ccccc1)C(C)C)C(=O)O. The molecule has 588 valence electrons. The molecule has 0 spiro atoms. The summed E-state index contributed by atoms with van der Waals surface area (Å²) in [6.45, 7) is 14.8. The van der Waals surface area contributed by atoms with Gasteiger partial charge in [0.05, 0.1) is 12.1 Å². The van der Waals surface area contributed by atoms with Crippen LogP contribution in [0.5, 0.6) is 0 Å². The lowest BCUT2D eigenvalue weighted by Gasteiger charge is -2.29. The predicted molar refractivity (Wildman–Crippen MR) is 410 cm³/mol. The Morgan fingerprint density at radius 3 is 0.972 bits per heavy atom. The molecular formula is C79H119N15O13. The second kappa shape index (κ2) is 48.5. The Balaban J connectivity index is 1.33. The highest BCUT2D eigenvalue weighted by atomic mass is 16.4. The Bertz CT molecular complexity index is 3430. The number of unbranched alkanes of at least 4 members (excludes halogenated alkanes) is 3. The summed E-state index contributed by atoms with van der Waals surface area (Å²) in [5.41, 5.74) is 27.4. The van der Waals surface area contributed by atoms with Crippen molar-refractivity contribution in [2.24, 2.45) is 46.6 Å². The highest BCUT2D eigenvalue weighted by Crippen LogP contribution is 2.16. The van der Waals surface area contributed by atoms with E-state index >= 15 is 0 Å². The fourth-order valence-electron chi connectivity index (χ4n) is 11.9. The zero-order valence-electron chi connectivity index (χ0n) is 63.5. The van der Waals surface area contributed by atoms with E-state index in [1.54, 1.807) is 64.1 Å². The molecule has 0 unspecified atom stereocenters. The largest absolute Gasteiger partial charge is 0.480 e. The number of benzene rings is 4. The van der Waals surface area contributed by atoms with Crippen LogP contribution in [-0.4, -0.2) is 169 Å². The van der Waals surface area contributed by atoms with Crippen molar-refractivity contribution >= 4 is 70.9 Å². The standard InChI is InChI=1S/C79H119N15O13/c1-49(2)43-62(91-77(104)67(51(5)6)93-75(102)64(47-55-31-17-11-18-32-55)89-69(96)57(82)45-53-27-13-9-14-28-53)73(100)87-59(35-21-24-39-80)71(98)84-41-26-23-37-61(79(106)107)86-66(95)38-42-85-72(99)60(36-22-25-40-81)88-74(101)63(44-50(3)4)92-78(105)68(52(7)8)94-76(103)65(48-56-33-19-12-20-34-56)90-70(97)58(83)46-54-29-15-10-16-30-54/h9-20,27-34,49-52,57-65,67-68H,21-26,35-48,80-83H2,1-8H3,(H,84,98)(H,85,99)(H,86,95)(H,87,100)(H,88,101)(H,89,96)(H,90,97)(H,91,104)(H,92,105)(H,93,102)(H,94,103)(H,106,107)/t57-,58-,59-,60-,61-,62-,63-,64-,65-,67-,68-/m1/s1. The van der Waals surface area contributed by atoms with Crippen molar-refractivity contribution in [1.29, 1.82) is 0 Å². The average Bonchev–Trinajstić information content (AvgIpc) is 0.857. The van der Waals surface area contributed by atoms with Crippen molar-refractivity contribution in [3.63, 3.8) is 0 Å². The predicted octanol–water partition coefficient (Wildman–Crippen LogP) is 2.51. The monoisotopic (exact) mass is 1490 g/mol. The topological polar surface area (TPSA) is 461 Å². The maximum Gasteiger partial charge on any atom is 0.326 e. The number of carboxylic acid groups (broad SMARTS) is 1. The van der Waals surface area contributed by atoms with Gasteiger partial charge in [-0.3, -0.25) is 52.7 Å². The lowest BCUT2D eigenvalue weighted by Crippen LogP contribution is -2.60. The van der Waals surface area contributed by atoms with E-state index in [-0.39, 0.29) is 102 Å². The van der Waals surface area contributed by atoms with Crippen molar-refractivity contribution in [3.8, 4) is 0 Å². The van der Waals surface area contributed by atoms with Crippen molar-refractivity contribution in [2.45, 2.75) is 225 Å². The fraction of sp³-hybridized carbons (Fsp3) is 0.544. The van der Waals surface area contributed by atoms with Crippen LogP contribution in [0.25, 0.3) is 0 Å². The van der Waals surface area contributed by atoms with Crippen LogP contribution in [0.15, 0.2) is 121 Å².